The van der Waals surface area contributed by atoms with Crippen LogP contribution in [0.5, 0.6) is 0 Å². The number of amides is 1. The van der Waals surface area contributed by atoms with E-state index in [4.69, 9.17) is 0 Å². The molecule has 1 fully saturated rings. The van der Waals surface area contributed by atoms with Gasteiger partial charge in [0.2, 0.25) is 5.91 Å². The highest BCUT2D eigenvalue weighted by molar-refractivity contribution is 7.98. The van der Waals surface area contributed by atoms with Gasteiger partial charge in [0, 0.05) is 18.6 Å². The second-order valence-electron chi connectivity index (χ2n) is 7.94. The first-order valence-corrected chi connectivity index (χ1v) is 11.8. The molecule has 1 aliphatic rings. The summed E-state index contributed by atoms with van der Waals surface area (Å²) in [5.74, 6) is 1.86. The number of nitrogens with one attached hydrogen (secondary N) is 1. The lowest BCUT2D eigenvalue weighted by atomic mass is 9.78. The van der Waals surface area contributed by atoms with E-state index >= 15 is 0 Å². The van der Waals surface area contributed by atoms with Crippen molar-refractivity contribution in [2.45, 2.75) is 56.5 Å². The Kier molecular flexibility index (Phi) is 6.23. The molecule has 0 saturated heterocycles. The minimum Gasteiger partial charge on any atom is -0.348 e. The Bertz CT molecular complexity index is 930. The standard InChI is InChI=1S/C22H29N5OS/c1-29-16-10-18(21-25-24-19-9-3-6-15-27(19)21)23-20(28)17-22(11-4-2-5-12-22)26-13-7-8-14-26/h3,6-9,13-15,18H,2,4-5,10-12,16-17H2,1H3,(H,23,28)/t18-/m1/s1. The van der Waals surface area contributed by atoms with Crippen LogP contribution in [0.2, 0.25) is 0 Å². The Morgan fingerprint density at radius 3 is 2.66 bits per heavy atom. The largest absolute Gasteiger partial charge is 0.348 e. The number of carbonyl (C=O) groups excluding carboxylic acids is 1. The molecule has 1 atom stereocenters. The molecule has 3 aromatic heterocycles. The lowest BCUT2D eigenvalue weighted by Gasteiger charge is -2.39. The quantitative estimate of drug-likeness (QED) is 0.604. The first kappa shape index (κ1) is 20.0. The van der Waals surface area contributed by atoms with Crippen molar-refractivity contribution in [3.63, 3.8) is 0 Å². The van der Waals surface area contributed by atoms with E-state index in [1.807, 2.05) is 28.8 Å². The van der Waals surface area contributed by atoms with Crippen LogP contribution in [0, 0.1) is 0 Å². The number of pyridine rings is 1. The van der Waals surface area contributed by atoms with Gasteiger partial charge in [0.05, 0.1) is 18.0 Å². The molecule has 7 heteroatoms. The van der Waals surface area contributed by atoms with Crippen molar-refractivity contribution in [2.75, 3.05) is 12.0 Å². The van der Waals surface area contributed by atoms with E-state index in [0.717, 1.165) is 36.5 Å². The molecule has 0 aromatic carbocycles. The van der Waals surface area contributed by atoms with Crippen LogP contribution in [0.1, 0.15) is 56.8 Å². The summed E-state index contributed by atoms with van der Waals surface area (Å²) in [6, 6.07) is 9.82. The monoisotopic (exact) mass is 411 g/mol. The summed E-state index contributed by atoms with van der Waals surface area (Å²) >= 11 is 1.78. The average Bonchev–Trinajstić information content (AvgIpc) is 3.42. The van der Waals surface area contributed by atoms with Gasteiger partial charge in [-0.25, -0.2) is 0 Å². The first-order valence-electron chi connectivity index (χ1n) is 10.4. The Labute approximate surface area is 176 Å². The maximum absolute atomic E-state index is 13.2. The SMILES string of the molecule is CSCC[C@@H](NC(=O)CC1(n2cccc2)CCCCC1)c1nnc2ccccn12. The highest BCUT2D eigenvalue weighted by atomic mass is 32.2. The third-order valence-electron chi connectivity index (χ3n) is 6.02. The molecule has 0 aliphatic heterocycles. The molecule has 0 radical (unpaired) electrons. The molecule has 0 bridgehead atoms. The Morgan fingerprint density at radius 1 is 1.14 bits per heavy atom. The van der Waals surface area contributed by atoms with E-state index in [1.54, 1.807) is 11.8 Å². The first-order chi connectivity index (χ1) is 14.2. The molecule has 1 saturated carbocycles. The number of rotatable bonds is 8. The van der Waals surface area contributed by atoms with E-state index in [0.29, 0.717) is 6.42 Å². The predicted molar refractivity (Wildman–Crippen MR) is 117 cm³/mol. The van der Waals surface area contributed by atoms with E-state index in [2.05, 4.69) is 50.9 Å². The summed E-state index contributed by atoms with van der Waals surface area (Å²) in [6.45, 7) is 0. The summed E-state index contributed by atoms with van der Waals surface area (Å²) in [6.07, 6.45) is 15.3. The number of nitrogens with zero attached hydrogens (tertiary/aromatic N) is 4. The molecule has 3 aromatic rings. The number of carbonyl (C=O) groups is 1. The van der Waals surface area contributed by atoms with Crippen molar-refractivity contribution < 1.29 is 4.79 Å². The Morgan fingerprint density at radius 2 is 1.90 bits per heavy atom. The van der Waals surface area contributed by atoms with E-state index in [1.165, 1.54) is 19.3 Å². The van der Waals surface area contributed by atoms with Crippen molar-refractivity contribution in [1.29, 1.82) is 0 Å². The van der Waals surface area contributed by atoms with Crippen molar-refractivity contribution in [3.8, 4) is 0 Å². The zero-order valence-corrected chi connectivity index (χ0v) is 17.8. The van der Waals surface area contributed by atoms with Gasteiger partial charge in [0.1, 0.15) is 0 Å². The summed E-state index contributed by atoms with van der Waals surface area (Å²) < 4.78 is 4.24. The fourth-order valence-electron chi connectivity index (χ4n) is 4.53. The van der Waals surface area contributed by atoms with Crippen LogP contribution in [0.25, 0.3) is 5.65 Å². The van der Waals surface area contributed by atoms with Gasteiger partial charge in [-0.1, -0.05) is 25.3 Å². The molecule has 1 aliphatic carbocycles. The lowest BCUT2D eigenvalue weighted by Crippen LogP contribution is -2.41. The van der Waals surface area contributed by atoms with Crippen molar-refractivity contribution in [3.05, 3.63) is 54.7 Å². The number of hydrogen-bond acceptors (Lipinski definition) is 4. The van der Waals surface area contributed by atoms with Crippen molar-refractivity contribution in [1.82, 2.24) is 24.5 Å². The molecular formula is C22H29N5OS. The fourth-order valence-corrected chi connectivity index (χ4v) is 5.00. The van der Waals surface area contributed by atoms with E-state index in [-0.39, 0.29) is 17.5 Å². The molecule has 154 valence electrons. The van der Waals surface area contributed by atoms with Gasteiger partial charge in [-0.2, -0.15) is 11.8 Å². The molecule has 3 heterocycles. The van der Waals surface area contributed by atoms with Crippen LogP contribution >= 0.6 is 11.8 Å². The fraction of sp³-hybridized carbons (Fsp3) is 0.500. The molecule has 4 rings (SSSR count). The third-order valence-corrected chi connectivity index (χ3v) is 6.67. The van der Waals surface area contributed by atoms with E-state index < -0.39 is 0 Å². The van der Waals surface area contributed by atoms with Crippen LogP contribution in [-0.4, -0.2) is 37.1 Å². The summed E-state index contributed by atoms with van der Waals surface area (Å²) in [5, 5.41) is 12.0. The number of hydrogen-bond donors (Lipinski definition) is 1. The maximum Gasteiger partial charge on any atom is 0.222 e. The highest BCUT2D eigenvalue weighted by Crippen LogP contribution is 2.38. The Balaban J connectivity index is 1.54. The van der Waals surface area contributed by atoms with Gasteiger partial charge in [0.15, 0.2) is 11.5 Å². The molecule has 1 N–H and O–H groups in total. The molecule has 6 nitrogen and oxygen atoms in total. The van der Waals surface area contributed by atoms with Crippen LogP contribution in [-0.2, 0) is 10.3 Å². The lowest BCUT2D eigenvalue weighted by molar-refractivity contribution is -0.124. The topological polar surface area (TPSA) is 64.2 Å². The van der Waals surface area contributed by atoms with Gasteiger partial charge in [-0.15, -0.1) is 10.2 Å². The normalized spacial score (nSPS) is 17.3. The molecule has 0 unspecified atom stereocenters. The van der Waals surface area contributed by atoms with Gasteiger partial charge in [-0.05, 0) is 55.5 Å². The summed E-state index contributed by atoms with van der Waals surface area (Å²) in [5.41, 5.74) is 0.699. The van der Waals surface area contributed by atoms with Crippen LogP contribution in [0.15, 0.2) is 48.9 Å². The van der Waals surface area contributed by atoms with Crippen LogP contribution in [0.3, 0.4) is 0 Å². The van der Waals surface area contributed by atoms with E-state index in [9.17, 15) is 4.79 Å². The van der Waals surface area contributed by atoms with Gasteiger partial charge < -0.3 is 9.88 Å². The second-order valence-corrected chi connectivity index (χ2v) is 8.93. The van der Waals surface area contributed by atoms with Gasteiger partial charge in [-0.3, -0.25) is 9.20 Å². The molecular weight excluding hydrogens is 382 g/mol. The van der Waals surface area contributed by atoms with Crippen LogP contribution < -0.4 is 5.32 Å². The average molecular weight is 412 g/mol. The van der Waals surface area contributed by atoms with Crippen LogP contribution in [0.4, 0.5) is 0 Å². The number of thioether (sulfide) groups is 1. The second kappa shape index (κ2) is 9.03. The minimum absolute atomic E-state index is 0.0967. The zero-order chi connectivity index (χ0) is 20.1. The van der Waals surface area contributed by atoms with Gasteiger partial charge >= 0.3 is 0 Å². The van der Waals surface area contributed by atoms with Crippen molar-refractivity contribution in [2.24, 2.45) is 0 Å². The smallest absolute Gasteiger partial charge is 0.222 e. The number of aromatic nitrogens is 4. The Hall–Kier alpha value is -2.28. The summed E-state index contributed by atoms with van der Waals surface area (Å²) in [7, 11) is 0. The number of fused-ring (bicyclic) bond motifs is 1. The van der Waals surface area contributed by atoms with Crippen molar-refractivity contribution >= 4 is 23.3 Å². The molecule has 0 spiro atoms. The maximum atomic E-state index is 13.2. The molecule has 1 amide bonds. The summed E-state index contributed by atoms with van der Waals surface area (Å²) in [4.78, 5) is 13.2. The third kappa shape index (κ3) is 4.34. The highest BCUT2D eigenvalue weighted by Gasteiger charge is 2.36. The predicted octanol–water partition coefficient (Wildman–Crippen LogP) is 4.19. The zero-order valence-electron chi connectivity index (χ0n) is 17.0. The van der Waals surface area contributed by atoms with Gasteiger partial charge in [0.25, 0.3) is 0 Å². The minimum atomic E-state index is -0.141. The molecule has 29 heavy (non-hydrogen) atoms.